The third-order valence-corrected chi connectivity index (χ3v) is 0.406. The molecule has 0 aromatic carbocycles. The van der Waals surface area contributed by atoms with Gasteiger partial charge in [-0.25, -0.2) is 0 Å². The Morgan fingerprint density at radius 1 is 1.78 bits per heavy atom. The molecule has 0 amide bonds. The highest BCUT2D eigenvalue weighted by atomic mass is 15.1. The van der Waals surface area contributed by atoms with E-state index in [1.807, 2.05) is 6.07 Å². The Hall–Kier alpha value is -1.32. The lowest BCUT2D eigenvalue weighted by molar-refractivity contribution is 1.09. The SMILES string of the molecule is CC(=N)N.c1cn[nH]c1. The lowest BCUT2D eigenvalue weighted by atomic mass is 10.8. The zero-order chi connectivity index (χ0) is 7.11. The van der Waals surface area contributed by atoms with Crippen LogP contribution in [-0.2, 0) is 0 Å². The maximum absolute atomic E-state index is 6.28. The Kier molecular flexibility index (Phi) is 4.12. The highest BCUT2D eigenvalue weighted by Gasteiger charge is 1.56. The number of aromatic nitrogens is 2. The Morgan fingerprint density at radius 3 is 2.44 bits per heavy atom. The van der Waals surface area contributed by atoms with E-state index in [1.165, 1.54) is 6.92 Å². The zero-order valence-corrected chi connectivity index (χ0v) is 5.26. The zero-order valence-electron chi connectivity index (χ0n) is 5.26. The Balaban J connectivity index is 0.000000148. The van der Waals surface area contributed by atoms with Crippen molar-refractivity contribution in [2.45, 2.75) is 6.92 Å². The fraction of sp³-hybridized carbons (Fsp3) is 0.200. The molecule has 0 unspecified atom stereocenters. The van der Waals surface area contributed by atoms with Crippen LogP contribution in [0.5, 0.6) is 0 Å². The van der Waals surface area contributed by atoms with Crippen LogP contribution in [-0.4, -0.2) is 16.0 Å². The lowest BCUT2D eigenvalue weighted by Gasteiger charge is -1.66. The summed E-state index contributed by atoms with van der Waals surface area (Å²) in [6.07, 6.45) is 3.46. The van der Waals surface area contributed by atoms with Gasteiger partial charge in [0.15, 0.2) is 0 Å². The van der Waals surface area contributed by atoms with E-state index in [0.717, 1.165) is 0 Å². The van der Waals surface area contributed by atoms with Gasteiger partial charge in [0, 0.05) is 12.4 Å². The van der Waals surface area contributed by atoms with Crippen LogP contribution in [0.25, 0.3) is 0 Å². The third kappa shape index (κ3) is 10.8. The molecule has 50 valence electrons. The van der Waals surface area contributed by atoms with E-state index in [2.05, 4.69) is 10.2 Å². The summed E-state index contributed by atoms with van der Waals surface area (Å²) in [5, 5.41) is 12.5. The number of hydrogen-bond acceptors (Lipinski definition) is 2. The largest absolute Gasteiger partial charge is 0.388 e. The summed E-state index contributed by atoms with van der Waals surface area (Å²) in [6.45, 7) is 1.53. The van der Waals surface area contributed by atoms with E-state index in [4.69, 9.17) is 11.1 Å². The maximum atomic E-state index is 6.28. The minimum atomic E-state index is 0.167. The van der Waals surface area contributed by atoms with Crippen molar-refractivity contribution in [2.75, 3.05) is 0 Å². The van der Waals surface area contributed by atoms with Crippen LogP contribution in [0.15, 0.2) is 18.5 Å². The Bertz CT molecular complexity index is 123. The van der Waals surface area contributed by atoms with Gasteiger partial charge in [-0.15, -0.1) is 0 Å². The molecule has 0 aliphatic heterocycles. The molecule has 0 bridgehead atoms. The molecule has 1 aromatic heterocycles. The van der Waals surface area contributed by atoms with Crippen LogP contribution in [0.1, 0.15) is 6.92 Å². The first-order valence-corrected chi connectivity index (χ1v) is 2.48. The molecule has 4 nitrogen and oxygen atoms in total. The first-order chi connectivity index (χ1) is 4.23. The number of nitrogens with two attached hydrogens (primary N) is 1. The van der Waals surface area contributed by atoms with E-state index in [0.29, 0.717) is 0 Å². The van der Waals surface area contributed by atoms with Gasteiger partial charge in [0.1, 0.15) is 0 Å². The predicted molar refractivity (Wildman–Crippen MR) is 36.2 cm³/mol. The summed E-state index contributed by atoms with van der Waals surface area (Å²) in [5.74, 6) is 0.167. The molecular weight excluding hydrogens is 116 g/mol. The van der Waals surface area contributed by atoms with Crippen LogP contribution in [0, 0.1) is 5.41 Å². The molecule has 0 atom stereocenters. The number of amidine groups is 1. The van der Waals surface area contributed by atoms with E-state index < -0.39 is 0 Å². The maximum Gasteiger partial charge on any atom is 0.0873 e. The summed E-state index contributed by atoms with van der Waals surface area (Å²) in [7, 11) is 0. The lowest BCUT2D eigenvalue weighted by Crippen LogP contribution is -2.00. The van der Waals surface area contributed by atoms with Crippen molar-refractivity contribution in [1.29, 1.82) is 5.41 Å². The van der Waals surface area contributed by atoms with E-state index in [-0.39, 0.29) is 5.84 Å². The molecule has 1 heterocycles. The highest BCUT2D eigenvalue weighted by molar-refractivity contribution is 5.73. The summed E-state index contributed by atoms with van der Waals surface area (Å²) < 4.78 is 0. The first-order valence-electron chi connectivity index (χ1n) is 2.48. The number of nitrogens with one attached hydrogen (secondary N) is 2. The number of hydrogen-bond donors (Lipinski definition) is 3. The fourth-order valence-corrected chi connectivity index (χ4v) is 0.215. The topological polar surface area (TPSA) is 78.6 Å². The van der Waals surface area contributed by atoms with Gasteiger partial charge in [0.05, 0.1) is 5.84 Å². The van der Waals surface area contributed by atoms with Gasteiger partial charge in [-0.3, -0.25) is 10.5 Å². The number of H-pyrrole nitrogens is 1. The van der Waals surface area contributed by atoms with Crippen molar-refractivity contribution < 1.29 is 0 Å². The Labute approximate surface area is 53.6 Å². The minimum Gasteiger partial charge on any atom is -0.388 e. The number of rotatable bonds is 0. The third-order valence-electron chi connectivity index (χ3n) is 0.406. The predicted octanol–water partition coefficient (Wildman–Crippen LogP) is 0.352. The monoisotopic (exact) mass is 126 g/mol. The van der Waals surface area contributed by atoms with Gasteiger partial charge in [0.2, 0.25) is 0 Å². The second kappa shape index (κ2) is 4.83. The molecule has 0 saturated heterocycles. The average Bonchev–Trinajstić information content (AvgIpc) is 2.11. The summed E-state index contributed by atoms with van der Waals surface area (Å²) in [6, 6.07) is 1.83. The first kappa shape index (κ1) is 7.68. The molecule has 0 aliphatic carbocycles. The van der Waals surface area contributed by atoms with E-state index >= 15 is 0 Å². The fourth-order valence-electron chi connectivity index (χ4n) is 0.215. The number of aromatic amines is 1. The van der Waals surface area contributed by atoms with Gasteiger partial charge < -0.3 is 5.73 Å². The minimum absolute atomic E-state index is 0.167. The van der Waals surface area contributed by atoms with Crippen molar-refractivity contribution in [3.63, 3.8) is 0 Å². The summed E-state index contributed by atoms with van der Waals surface area (Å²) in [5.41, 5.74) is 4.69. The van der Waals surface area contributed by atoms with Gasteiger partial charge in [0.25, 0.3) is 0 Å². The summed E-state index contributed by atoms with van der Waals surface area (Å²) in [4.78, 5) is 0. The second-order valence-electron chi connectivity index (χ2n) is 1.45. The van der Waals surface area contributed by atoms with Crippen molar-refractivity contribution >= 4 is 5.84 Å². The highest BCUT2D eigenvalue weighted by Crippen LogP contribution is 1.64. The van der Waals surface area contributed by atoms with E-state index in [1.54, 1.807) is 12.4 Å². The molecule has 0 saturated carbocycles. The smallest absolute Gasteiger partial charge is 0.0873 e. The van der Waals surface area contributed by atoms with Crippen LogP contribution in [0.4, 0.5) is 0 Å². The molecule has 0 radical (unpaired) electrons. The molecule has 4 N–H and O–H groups in total. The average molecular weight is 126 g/mol. The standard InChI is InChI=1S/C3H4N2.C2H6N2/c1-2-4-5-3-1;1-2(3)4/h1-3H,(H,4,5);1H3,(H3,3,4). The molecule has 1 rings (SSSR count). The molecular formula is C5H10N4. The molecule has 0 fully saturated rings. The van der Waals surface area contributed by atoms with Crippen LogP contribution in [0.2, 0.25) is 0 Å². The molecule has 1 aromatic rings. The molecule has 9 heavy (non-hydrogen) atoms. The van der Waals surface area contributed by atoms with Crippen LogP contribution < -0.4 is 5.73 Å². The summed E-state index contributed by atoms with van der Waals surface area (Å²) >= 11 is 0. The quantitative estimate of drug-likeness (QED) is 0.346. The van der Waals surface area contributed by atoms with Crippen molar-refractivity contribution in [1.82, 2.24) is 10.2 Å². The molecule has 0 aliphatic rings. The molecule has 4 heteroatoms. The van der Waals surface area contributed by atoms with Crippen molar-refractivity contribution in [3.05, 3.63) is 18.5 Å². The van der Waals surface area contributed by atoms with Gasteiger partial charge in [-0.2, -0.15) is 5.10 Å². The van der Waals surface area contributed by atoms with Crippen molar-refractivity contribution in [3.8, 4) is 0 Å². The van der Waals surface area contributed by atoms with Crippen LogP contribution in [0.3, 0.4) is 0 Å². The van der Waals surface area contributed by atoms with E-state index in [9.17, 15) is 0 Å². The van der Waals surface area contributed by atoms with Gasteiger partial charge in [-0.05, 0) is 13.0 Å². The van der Waals surface area contributed by atoms with Gasteiger partial charge >= 0.3 is 0 Å². The normalized spacial score (nSPS) is 7.22. The van der Waals surface area contributed by atoms with Gasteiger partial charge in [-0.1, -0.05) is 0 Å². The number of nitrogens with zero attached hydrogens (tertiary/aromatic N) is 1. The Morgan fingerprint density at radius 2 is 2.33 bits per heavy atom. The molecule has 0 spiro atoms. The van der Waals surface area contributed by atoms with Crippen LogP contribution >= 0.6 is 0 Å². The van der Waals surface area contributed by atoms with Crippen molar-refractivity contribution in [2.24, 2.45) is 5.73 Å². The second-order valence-corrected chi connectivity index (χ2v) is 1.45.